The molecular weight excluding hydrogens is 282 g/mol. The second-order valence-electron chi connectivity index (χ2n) is 6.12. The summed E-state index contributed by atoms with van der Waals surface area (Å²) >= 11 is 0. The molecule has 1 aliphatic rings. The molecule has 0 N–H and O–H groups in total. The van der Waals surface area contributed by atoms with Gasteiger partial charge < -0.3 is 4.74 Å². The van der Waals surface area contributed by atoms with Crippen LogP contribution in [0.5, 0.6) is 0 Å². The van der Waals surface area contributed by atoms with Crippen molar-refractivity contribution in [2.24, 2.45) is 11.8 Å². The van der Waals surface area contributed by atoms with Crippen molar-refractivity contribution >= 4 is 11.7 Å². The molecule has 0 spiro atoms. The Morgan fingerprint density at radius 1 is 1.32 bits per heavy atom. The fourth-order valence-corrected chi connectivity index (χ4v) is 2.95. The smallest absolute Gasteiger partial charge is 0.338 e. The first-order valence-corrected chi connectivity index (χ1v) is 7.49. The molecule has 0 heterocycles. The zero-order valence-electron chi connectivity index (χ0n) is 13.0. The lowest BCUT2D eigenvalue weighted by Gasteiger charge is -2.34. The minimum atomic E-state index is -0.491. The topological polar surface area (TPSA) is 69.4 Å². The van der Waals surface area contributed by atoms with E-state index in [4.69, 9.17) is 4.74 Å². The van der Waals surface area contributed by atoms with Crippen molar-refractivity contribution in [3.63, 3.8) is 0 Å². The van der Waals surface area contributed by atoms with E-state index in [9.17, 15) is 14.9 Å². The van der Waals surface area contributed by atoms with Crippen LogP contribution in [0.2, 0.25) is 0 Å². The third-order valence-electron chi connectivity index (χ3n) is 4.26. The van der Waals surface area contributed by atoms with E-state index in [2.05, 4.69) is 13.5 Å². The third-order valence-corrected chi connectivity index (χ3v) is 4.26. The fraction of sp³-hybridized carbons (Fsp3) is 0.471. The molecule has 1 saturated carbocycles. The van der Waals surface area contributed by atoms with E-state index in [1.807, 2.05) is 6.92 Å². The van der Waals surface area contributed by atoms with Crippen LogP contribution in [0.25, 0.3) is 0 Å². The Bertz CT molecular complexity index is 579. The number of nitrogens with zero attached hydrogens (tertiary/aromatic N) is 1. The number of carbonyl (C=O) groups is 1. The summed E-state index contributed by atoms with van der Waals surface area (Å²) in [6, 6.07) is 5.50. The molecule has 0 unspecified atom stereocenters. The molecule has 5 heteroatoms. The molecule has 3 atom stereocenters. The Hall–Kier alpha value is -2.17. The molecule has 1 fully saturated rings. The molecule has 0 aromatic heterocycles. The monoisotopic (exact) mass is 303 g/mol. The van der Waals surface area contributed by atoms with Gasteiger partial charge in [-0.15, -0.1) is 0 Å². The maximum Gasteiger partial charge on any atom is 0.338 e. The zero-order chi connectivity index (χ0) is 16.3. The molecule has 0 bridgehead atoms. The fourth-order valence-electron chi connectivity index (χ4n) is 2.95. The molecule has 118 valence electrons. The number of rotatable bonds is 4. The van der Waals surface area contributed by atoms with Crippen molar-refractivity contribution in [3.8, 4) is 0 Å². The molecule has 0 amide bonds. The van der Waals surface area contributed by atoms with Gasteiger partial charge in [-0.1, -0.05) is 19.1 Å². The standard InChI is InChI=1S/C17H21NO4/c1-11(2)15-9-4-12(3)10-16(15)22-17(19)13-5-7-14(8-6-13)18(20)21/h5-8,12,15-16H,1,4,9-10H2,2-3H3/t12-,15+,16+/m0/s1. The van der Waals surface area contributed by atoms with Gasteiger partial charge >= 0.3 is 5.97 Å². The minimum absolute atomic E-state index is 0.0392. The number of hydrogen-bond donors (Lipinski definition) is 0. The van der Waals surface area contributed by atoms with Gasteiger partial charge in [0.2, 0.25) is 0 Å². The highest BCUT2D eigenvalue weighted by atomic mass is 16.6. The number of benzene rings is 1. The maximum absolute atomic E-state index is 12.2. The molecule has 1 aromatic carbocycles. The van der Waals surface area contributed by atoms with Crippen molar-refractivity contribution in [1.29, 1.82) is 0 Å². The normalized spacial score (nSPS) is 24.5. The average Bonchev–Trinajstić information content (AvgIpc) is 2.47. The molecule has 0 radical (unpaired) electrons. The second kappa shape index (κ2) is 6.73. The van der Waals surface area contributed by atoms with Crippen molar-refractivity contribution in [2.75, 3.05) is 0 Å². The summed E-state index contributed by atoms with van der Waals surface area (Å²) in [5.41, 5.74) is 1.33. The van der Waals surface area contributed by atoms with Crippen LogP contribution in [-0.4, -0.2) is 17.0 Å². The van der Waals surface area contributed by atoms with Crippen LogP contribution in [0.1, 0.15) is 43.5 Å². The zero-order valence-corrected chi connectivity index (χ0v) is 13.0. The molecule has 5 nitrogen and oxygen atoms in total. The van der Waals surface area contributed by atoms with Crippen LogP contribution in [0.3, 0.4) is 0 Å². The first kappa shape index (κ1) is 16.2. The van der Waals surface area contributed by atoms with Crippen LogP contribution in [-0.2, 0) is 4.74 Å². The first-order chi connectivity index (χ1) is 10.4. The van der Waals surface area contributed by atoms with Crippen LogP contribution in [0, 0.1) is 22.0 Å². The SMILES string of the molecule is C=C(C)[C@H]1CC[C@H](C)C[C@H]1OC(=O)c1ccc([N+](=O)[O-])cc1. The molecule has 22 heavy (non-hydrogen) atoms. The summed E-state index contributed by atoms with van der Waals surface area (Å²) in [4.78, 5) is 22.4. The predicted octanol–water partition coefficient (Wildman–Crippen LogP) is 4.13. The van der Waals surface area contributed by atoms with Gasteiger partial charge in [0.1, 0.15) is 6.10 Å². The molecule has 1 aromatic rings. The van der Waals surface area contributed by atoms with E-state index in [1.54, 1.807) is 0 Å². The Morgan fingerprint density at radius 3 is 2.50 bits per heavy atom. The van der Waals surface area contributed by atoms with E-state index in [1.165, 1.54) is 24.3 Å². The number of hydrogen-bond acceptors (Lipinski definition) is 4. The highest BCUT2D eigenvalue weighted by molar-refractivity contribution is 5.89. The van der Waals surface area contributed by atoms with Gasteiger partial charge in [-0.3, -0.25) is 10.1 Å². The second-order valence-corrected chi connectivity index (χ2v) is 6.12. The van der Waals surface area contributed by atoms with Crippen molar-refractivity contribution < 1.29 is 14.5 Å². The lowest BCUT2D eigenvalue weighted by atomic mass is 9.77. The van der Waals surface area contributed by atoms with Gasteiger partial charge in [0.15, 0.2) is 0 Å². The number of nitro benzene ring substituents is 1. The van der Waals surface area contributed by atoms with E-state index in [0.717, 1.165) is 24.8 Å². The van der Waals surface area contributed by atoms with E-state index in [0.29, 0.717) is 11.5 Å². The molecule has 0 aliphatic heterocycles. The third kappa shape index (κ3) is 3.72. The minimum Gasteiger partial charge on any atom is -0.458 e. The maximum atomic E-state index is 12.2. The number of nitro groups is 1. The van der Waals surface area contributed by atoms with Crippen LogP contribution >= 0.6 is 0 Å². The average molecular weight is 303 g/mol. The van der Waals surface area contributed by atoms with Gasteiger partial charge in [-0.05, 0) is 44.2 Å². The number of non-ortho nitro benzene ring substituents is 1. The van der Waals surface area contributed by atoms with Crippen molar-refractivity contribution in [3.05, 3.63) is 52.1 Å². The Balaban J connectivity index is 2.08. The number of ether oxygens (including phenoxy) is 1. The molecular formula is C17H21NO4. The van der Waals surface area contributed by atoms with Gasteiger partial charge in [0.05, 0.1) is 10.5 Å². The first-order valence-electron chi connectivity index (χ1n) is 7.49. The molecule has 1 aliphatic carbocycles. The highest BCUT2D eigenvalue weighted by Crippen LogP contribution is 2.35. The number of carbonyl (C=O) groups excluding carboxylic acids is 1. The van der Waals surface area contributed by atoms with Crippen LogP contribution in [0.4, 0.5) is 5.69 Å². The summed E-state index contributed by atoms with van der Waals surface area (Å²) in [7, 11) is 0. The highest BCUT2D eigenvalue weighted by Gasteiger charge is 2.32. The summed E-state index contributed by atoms with van der Waals surface area (Å²) in [6.45, 7) is 8.12. The summed E-state index contributed by atoms with van der Waals surface area (Å²) in [5.74, 6) is 0.281. The number of esters is 1. The van der Waals surface area contributed by atoms with Gasteiger partial charge in [0, 0.05) is 18.1 Å². The Labute approximate surface area is 130 Å². The van der Waals surface area contributed by atoms with E-state index in [-0.39, 0.29) is 17.7 Å². The quantitative estimate of drug-likeness (QED) is 0.363. The molecule has 2 rings (SSSR count). The summed E-state index contributed by atoms with van der Waals surface area (Å²) in [5, 5.41) is 10.6. The van der Waals surface area contributed by atoms with E-state index < -0.39 is 10.9 Å². The van der Waals surface area contributed by atoms with Crippen LogP contribution < -0.4 is 0 Å². The molecule has 0 saturated heterocycles. The van der Waals surface area contributed by atoms with Crippen molar-refractivity contribution in [1.82, 2.24) is 0 Å². The van der Waals surface area contributed by atoms with Crippen LogP contribution in [0.15, 0.2) is 36.4 Å². The van der Waals surface area contributed by atoms with Gasteiger partial charge in [-0.2, -0.15) is 0 Å². The van der Waals surface area contributed by atoms with Gasteiger partial charge in [0.25, 0.3) is 5.69 Å². The predicted molar refractivity (Wildman–Crippen MR) is 83.6 cm³/mol. The van der Waals surface area contributed by atoms with Gasteiger partial charge in [-0.25, -0.2) is 4.79 Å². The lowest BCUT2D eigenvalue weighted by Crippen LogP contribution is -2.33. The summed E-state index contributed by atoms with van der Waals surface area (Å²) < 4.78 is 5.65. The largest absolute Gasteiger partial charge is 0.458 e. The lowest BCUT2D eigenvalue weighted by molar-refractivity contribution is -0.384. The Kier molecular flexibility index (Phi) is 4.96. The van der Waals surface area contributed by atoms with E-state index >= 15 is 0 Å². The Morgan fingerprint density at radius 2 is 1.95 bits per heavy atom. The van der Waals surface area contributed by atoms with Crippen molar-refractivity contribution in [2.45, 2.75) is 39.2 Å². The summed E-state index contributed by atoms with van der Waals surface area (Å²) in [6.07, 6.45) is 2.76.